The molecule has 2 aromatic rings. The number of hydrogen-bond donors (Lipinski definition) is 3. The van der Waals surface area contributed by atoms with Gasteiger partial charge in [-0.1, -0.05) is 48.2 Å². The van der Waals surface area contributed by atoms with E-state index >= 15 is 0 Å². The Hall–Kier alpha value is -3.71. The van der Waals surface area contributed by atoms with Crippen molar-refractivity contribution in [3.8, 4) is 11.4 Å². The number of carbonyl (C=O) groups excluding carboxylic acids is 3. The molecule has 2 fully saturated rings. The smallest absolute Gasteiger partial charge is 0.408 e. The summed E-state index contributed by atoms with van der Waals surface area (Å²) in [5.41, 5.74) is -1.64. The molecular formula is C30H37Cl2N7O6. The Bertz CT molecular complexity index is 1510. The highest BCUT2D eigenvalue weighted by molar-refractivity contribution is 6.42. The summed E-state index contributed by atoms with van der Waals surface area (Å²) in [4.78, 5) is 55.8. The van der Waals surface area contributed by atoms with Crippen molar-refractivity contribution >= 4 is 47.1 Å². The van der Waals surface area contributed by atoms with Crippen LogP contribution in [0.5, 0.6) is 0 Å². The first kappa shape index (κ1) is 32.7. The molecule has 0 radical (unpaired) electrons. The van der Waals surface area contributed by atoms with E-state index in [0.29, 0.717) is 28.5 Å². The SMILES string of the molecule is CC(C)(C)OC(=O)N[C@@H]1CCCCC/C=C\[C@H]2C[C@]2(C(=O)O)NC(=O)[C@@H]2C[C@H](n3nnc(-c4ccc(Cl)c(Cl)c4)n3)CN2C1=O. The van der Waals surface area contributed by atoms with E-state index < -0.39 is 53.1 Å². The average molecular weight is 663 g/mol. The lowest BCUT2D eigenvalue weighted by Crippen LogP contribution is -2.56. The molecular weight excluding hydrogens is 625 g/mol. The molecule has 3 amide bonds. The summed E-state index contributed by atoms with van der Waals surface area (Å²) in [7, 11) is 0. The summed E-state index contributed by atoms with van der Waals surface area (Å²) in [5.74, 6) is -2.28. The number of hydrogen-bond acceptors (Lipinski definition) is 8. The van der Waals surface area contributed by atoms with Crippen LogP contribution < -0.4 is 10.6 Å². The largest absolute Gasteiger partial charge is 0.479 e. The number of carboxylic acids is 1. The van der Waals surface area contributed by atoms with Crippen molar-refractivity contribution in [3.05, 3.63) is 40.4 Å². The van der Waals surface area contributed by atoms with Gasteiger partial charge in [-0.3, -0.25) is 9.59 Å². The van der Waals surface area contributed by atoms with Crippen molar-refractivity contribution in [3.63, 3.8) is 0 Å². The van der Waals surface area contributed by atoms with Crippen LogP contribution in [0.1, 0.15) is 71.8 Å². The van der Waals surface area contributed by atoms with Crippen molar-refractivity contribution < 1.29 is 29.0 Å². The summed E-state index contributed by atoms with van der Waals surface area (Å²) in [6, 6.07) is 2.35. The van der Waals surface area contributed by atoms with Crippen molar-refractivity contribution in [2.75, 3.05) is 6.54 Å². The second-order valence-corrected chi connectivity index (χ2v) is 13.6. The Balaban J connectivity index is 1.45. The van der Waals surface area contributed by atoms with Crippen molar-refractivity contribution in [2.24, 2.45) is 5.92 Å². The highest BCUT2D eigenvalue weighted by Crippen LogP contribution is 2.45. The molecule has 1 aliphatic carbocycles. The van der Waals surface area contributed by atoms with Gasteiger partial charge in [-0.25, -0.2) is 9.59 Å². The molecule has 1 aromatic heterocycles. The first-order valence-electron chi connectivity index (χ1n) is 15.0. The summed E-state index contributed by atoms with van der Waals surface area (Å²) in [6.07, 6.45) is 6.76. The number of tetrazole rings is 1. The third-order valence-corrected chi connectivity index (χ3v) is 9.00. The van der Waals surface area contributed by atoms with E-state index in [4.69, 9.17) is 27.9 Å². The van der Waals surface area contributed by atoms with Crippen molar-refractivity contribution in [2.45, 2.75) is 95.0 Å². The van der Waals surface area contributed by atoms with Crippen molar-refractivity contribution in [1.82, 2.24) is 35.7 Å². The fourth-order valence-corrected chi connectivity index (χ4v) is 6.12. The molecule has 0 unspecified atom stereocenters. The molecule has 0 spiro atoms. The van der Waals surface area contributed by atoms with Crippen LogP contribution in [-0.2, 0) is 19.1 Å². The molecule has 5 atom stereocenters. The minimum atomic E-state index is -1.44. The Kier molecular flexibility index (Phi) is 9.41. The summed E-state index contributed by atoms with van der Waals surface area (Å²) in [5, 5.41) is 29.0. The number of nitrogens with zero attached hydrogens (tertiary/aromatic N) is 5. The molecule has 242 valence electrons. The van der Waals surface area contributed by atoms with E-state index in [-0.39, 0.29) is 31.1 Å². The van der Waals surface area contributed by atoms with Crippen LogP contribution in [0.25, 0.3) is 11.4 Å². The maximum absolute atomic E-state index is 14.1. The highest BCUT2D eigenvalue weighted by Gasteiger charge is 2.61. The van der Waals surface area contributed by atoms with Crippen LogP contribution >= 0.6 is 23.2 Å². The van der Waals surface area contributed by atoms with Gasteiger partial charge in [0.25, 0.3) is 0 Å². The lowest BCUT2D eigenvalue weighted by molar-refractivity contribution is -0.145. The van der Waals surface area contributed by atoms with Gasteiger partial charge in [0.05, 0.1) is 16.1 Å². The molecule has 1 aromatic carbocycles. The van der Waals surface area contributed by atoms with Crippen LogP contribution in [0.15, 0.2) is 30.4 Å². The first-order chi connectivity index (χ1) is 21.3. The Morgan fingerprint density at radius 1 is 1.16 bits per heavy atom. The van der Waals surface area contributed by atoms with Crippen LogP contribution in [0, 0.1) is 5.92 Å². The molecule has 3 heterocycles. The number of allylic oxidation sites excluding steroid dienone is 1. The number of benzene rings is 1. The lowest BCUT2D eigenvalue weighted by atomic mass is 10.0. The molecule has 0 bridgehead atoms. The summed E-state index contributed by atoms with van der Waals surface area (Å²) >= 11 is 12.2. The van der Waals surface area contributed by atoms with Crippen LogP contribution in [0.3, 0.4) is 0 Å². The second-order valence-electron chi connectivity index (χ2n) is 12.8. The number of ether oxygens (including phenoxy) is 1. The predicted molar refractivity (Wildman–Crippen MR) is 164 cm³/mol. The number of fused-ring (bicyclic) bond motifs is 2. The molecule has 1 saturated carbocycles. The van der Waals surface area contributed by atoms with Gasteiger partial charge < -0.3 is 25.4 Å². The van der Waals surface area contributed by atoms with Crippen LogP contribution in [-0.4, -0.2) is 83.9 Å². The minimum absolute atomic E-state index is 0.0317. The van der Waals surface area contributed by atoms with E-state index in [1.165, 1.54) is 9.70 Å². The van der Waals surface area contributed by atoms with E-state index in [0.717, 1.165) is 19.3 Å². The molecule has 5 rings (SSSR count). The van der Waals surface area contributed by atoms with E-state index in [1.807, 2.05) is 12.2 Å². The molecule has 15 heteroatoms. The maximum atomic E-state index is 14.1. The van der Waals surface area contributed by atoms with Gasteiger partial charge in [0, 0.05) is 24.4 Å². The zero-order chi connectivity index (χ0) is 32.5. The maximum Gasteiger partial charge on any atom is 0.408 e. The monoisotopic (exact) mass is 661 g/mol. The highest BCUT2D eigenvalue weighted by atomic mass is 35.5. The number of aliphatic carboxylic acids is 1. The van der Waals surface area contributed by atoms with E-state index in [1.54, 1.807) is 39.0 Å². The van der Waals surface area contributed by atoms with Gasteiger partial charge in [0.1, 0.15) is 23.2 Å². The number of rotatable bonds is 4. The number of nitrogens with one attached hydrogen (secondary N) is 2. The topological polar surface area (TPSA) is 169 Å². The Morgan fingerprint density at radius 2 is 1.93 bits per heavy atom. The van der Waals surface area contributed by atoms with E-state index in [2.05, 4.69) is 26.0 Å². The molecule has 13 nitrogen and oxygen atoms in total. The van der Waals surface area contributed by atoms with Crippen LogP contribution in [0.2, 0.25) is 10.0 Å². The minimum Gasteiger partial charge on any atom is -0.479 e. The third kappa shape index (κ3) is 7.41. The summed E-state index contributed by atoms with van der Waals surface area (Å²) in [6.45, 7) is 5.21. The number of amides is 3. The number of carboxylic acid groups (broad SMARTS) is 1. The quantitative estimate of drug-likeness (QED) is 0.407. The normalized spacial score (nSPS) is 28.2. The summed E-state index contributed by atoms with van der Waals surface area (Å²) < 4.78 is 5.43. The van der Waals surface area contributed by atoms with Gasteiger partial charge in [-0.15, -0.1) is 10.2 Å². The zero-order valence-corrected chi connectivity index (χ0v) is 26.8. The standard InChI is InChI=1S/C30H37Cl2N7O6/c1-29(2,3)45-28(44)33-22-10-8-6-4-5-7-9-18-15-30(18,27(42)43)34-25(40)23-14-19(16-38(23)26(22)41)39-36-24(35-37-39)17-11-12-20(31)21(32)13-17/h7,9,11-13,18-19,22-23H,4-6,8,10,14-16H2,1-3H3,(H,33,44)(H,34,40)(H,42,43)/b9-7-/t18-,19-,22+,23-,30-/m0/s1. The van der Waals surface area contributed by atoms with Gasteiger partial charge in [-0.05, 0) is 69.9 Å². The van der Waals surface area contributed by atoms with Crippen molar-refractivity contribution in [1.29, 1.82) is 0 Å². The molecule has 3 aliphatic rings. The Labute approximate surface area is 270 Å². The van der Waals surface area contributed by atoms with Gasteiger partial charge in [-0.2, -0.15) is 4.80 Å². The Morgan fingerprint density at radius 3 is 2.64 bits per heavy atom. The number of aromatic nitrogens is 4. The average Bonchev–Trinajstić information content (AvgIpc) is 3.28. The third-order valence-electron chi connectivity index (χ3n) is 8.26. The molecule has 1 saturated heterocycles. The predicted octanol–water partition coefficient (Wildman–Crippen LogP) is 4.16. The number of halogens is 2. The number of carbonyl (C=O) groups is 4. The van der Waals surface area contributed by atoms with Gasteiger partial charge in [0.2, 0.25) is 17.6 Å². The fourth-order valence-electron chi connectivity index (χ4n) is 5.83. The van der Waals surface area contributed by atoms with Crippen LogP contribution in [0.4, 0.5) is 4.79 Å². The van der Waals surface area contributed by atoms with E-state index in [9.17, 15) is 24.3 Å². The molecule has 45 heavy (non-hydrogen) atoms. The number of alkyl carbamates (subject to hydrolysis) is 1. The van der Waals surface area contributed by atoms with Gasteiger partial charge >= 0.3 is 12.1 Å². The second kappa shape index (κ2) is 13.0. The van der Waals surface area contributed by atoms with Gasteiger partial charge in [0.15, 0.2) is 0 Å². The zero-order valence-electron chi connectivity index (χ0n) is 25.3. The molecule has 3 N–H and O–H groups in total. The molecule has 2 aliphatic heterocycles. The first-order valence-corrected chi connectivity index (χ1v) is 15.8. The lowest BCUT2D eigenvalue weighted by Gasteiger charge is -2.30. The fraction of sp³-hybridized carbons (Fsp3) is 0.567.